The molecule has 0 amide bonds. The summed E-state index contributed by atoms with van der Waals surface area (Å²) in [4.78, 5) is 15.9. The van der Waals surface area contributed by atoms with Gasteiger partial charge in [0.1, 0.15) is 5.82 Å². The number of halogens is 2. The third-order valence-corrected chi connectivity index (χ3v) is 2.09. The standard InChI is InChI=1S/C9H8F2N2O/c10-9(11)5-13(6-9)8-7(4-14)2-1-3-12-8/h1-4H,5-6H2. The summed E-state index contributed by atoms with van der Waals surface area (Å²) in [5.74, 6) is -2.30. The van der Waals surface area contributed by atoms with Crippen LogP contribution in [0.25, 0.3) is 0 Å². The number of carbonyl (C=O) groups excluding carboxylic acids is 1. The fourth-order valence-corrected chi connectivity index (χ4v) is 1.43. The molecule has 0 unspecified atom stereocenters. The van der Waals surface area contributed by atoms with E-state index in [1.54, 1.807) is 12.1 Å². The Hall–Kier alpha value is -1.52. The third kappa shape index (κ3) is 1.45. The van der Waals surface area contributed by atoms with Gasteiger partial charge in [-0.25, -0.2) is 13.8 Å². The average molecular weight is 198 g/mol. The predicted molar refractivity (Wildman–Crippen MR) is 46.8 cm³/mol. The number of aromatic nitrogens is 1. The number of aldehydes is 1. The van der Waals surface area contributed by atoms with E-state index in [0.717, 1.165) is 0 Å². The maximum absolute atomic E-state index is 12.6. The predicted octanol–water partition coefficient (Wildman–Crippen LogP) is 1.35. The van der Waals surface area contributed by atoms with Crippen LogP contribution in [0.5, 0.6) is 0 Å². The number of pyridine rings is 1. The van der Waals surface area contributed by atoms with Gasteiger partial charge in [-0.15, -0.1) is 0 Å². The Balaban J connectivity index is 2.22. The van der Waals surface area contributed by atoms with Gasteiger partial charge in [0.05, 0.1) is 18.7 Å². The molecule has 0 bridgehead atoms. The highest BCUT2D eigenvalue weighted by Gasteiger charge is 2.45. The maximum atomic E-state index is 12.6. The first-order chi connectivity index (χ1) is 6.62. The molecule has 2 rings (SSSR count). The van der Waals surface area contributed by atoms with Crippen molar-refractivity contribution in [3.8, 4) is 0 Å². The van der Waals surface area contributed by atoms with Crippen molar-refractivity contribution in [3.63, 3.8) is 0 Å². The lowest BCUT2D eigenvalue weighted by molar-refractivity contribution is -0.0267. The Labute approximate surface area is 79.4 Å². The Morgan fingerprint density at radius 3 is 2.79 bits per heavy atom. The zero-order chi connectivity index (χ0) is 10.2. The molecule has 0 radical (unpaired) electrons. The van der Waals surface area contributed by atoms with Gasteiger partial charge in [0.2, 0.25) is 0 Å². The normalized spacial score (nSPS) is 18.9. The fraction of sp³-hybridized carbons (Fsp3) is 0.333. The number of hydrogen-bond donors (Lipinski definition) is 0. The van der Waals surface area contributed by atoms with Crippen LogP contribution < -0.4 is 4.90 Å². The molecule has 3 nitrogen and oxygen atoms in total. The fourth-order valence-electron chi connectivity index (χ4n) is 1.43. The smallest absolute Gasteiger partial charge is 0.282 e. The number of carbonyl (C=O) groups is 1. The highest BCUT2D eigenvalue weighted by atomic mass is 19.3. The van der Waals surface area contributed by atoms with Crippen LogP contribution in [0, 0.1) is 0 Å². The van der Waals surface area contributed by atoms with Gasteiger partial charge in [0.25, 0.3) is 5.92 Å². The van der Waals surface area contributed by atoms with Crippen molar-refractivity contribution in [3.05, 3.63) is 23.9 Å². The molecule has 1 fully saturated rings. The van der Waals surface area contributed by atoms with Crippen molar-refractivity contribution >= 4 is 12.1 Å². The van der Waals surface area contributed by atoms with Gasteiger partial charge in [-0.1, -0.05) is 0 Å². The lowest BCUT2D eigenvalue weighted by Gasteiger charge is -2.39. The van der Waals surface area contributed by atoms with Crippen LogP contribution in [-0.2, 0) is 0 Å². The SMILES string of the molecule is O=Cc1cccnc1N1CC(F)(F)C1. The third-order valence-electron chi connectivity index (χ3n) is 2.09. The quantitative estimate of drug-likeness (QED) is 0.672. The number of nitrogens with zero attached hydrogens (tertiary/aromatic N) is 2. The van der Waals surface area contributed by atoms with Crippen LogP contribution in [0.15, 0.2) is 18.3 Å². The molecule has 1 aromatic rings. The largest absolute Gasteiger partial charge is 0.344 e. The number of alkyl halides is 2. The second kappa shape index (κ2) is 3.01. The molecule has 2 heterocycles. The molecule has 1 saturated heterocycles. The minimum absolute atomic E-state index is 0.341. The Bertz CT molecular complexity index is 360. The summed E-state index contributed by atoms with van der Waals surface area (Å²) in [6.07, 6.45) is 2.11. The van der Waals surface area contributed by atoms with E-state index in [1.165, 1.54) is 11.1 Å². The molecule has 0 N–H and O–H groups in total. The molecular weight excluding hydrogens is 190 g/mol. The zero-order valence-corrected chi connectivity index (χ0v) is 7.28. The van der Waals surface area contributed by atoms with E-state index in [-0.39, 0.29) is 13.1 Å². The van der Waals surface area contributed by atoms with E-state index in [0.29, 0.717) is 17.7 Å². The van der Waals surface area contributed by atoms with Gasteiger partial charge in [0.15, 0.2) is 6.29 Å². The monoisotopic (exact) mass is 198 g/mol. The molecule has 1 aliphatic rings. The Kier molecular flexibility index (Phi) is 1.94. The van der Waals surface area contributed by atoms with Crippen LogP contribution in [0.3, 0.4) is 0 Å². The summed E-state index contributed by atoms with van der Waals surface area (Å²) in [6.45, 7) is -0.713. The second-order valence-electron chi connectivity index (χ2n) is 3.25. The van der Waals surface area contributed by atoms with E-state index in [9.17, 15) is 13.6 Å². The van der Waals surface area contributed by atoms with E-state index in [2.05, 4.69) is 4.98 Å². The molecule has 0 spiro atoms. The Morgan fingerprint density at radius 2 is 2.21 bits per heavy atom. The molecule has 14 heavy (non-hydrogen) atoms. The lowest BCUT2D eigenvalue weighted by atomic mass is 10.1. The molecule has 0 aromatic carbocycles. The van der Waals surface area contributed by atoms with Crippen molar-refractivity contribution in [2.24, 2.45) is 0 Å². The van der Waals surface area contributed by atoms with Crippen molar-refractivity contribution in [2.75, 3.05) is 18.0 Å². The summed E-state index contributed by atoms with van der Waals surface area (Å²) in [5.41, 5.74) is 0.350. The van der Waals surface area contributed by atoms with Crippen LogP contribution >= 0.6 is 0 Å². The first-order valence-electron chi connectivity index (χ1n) is 4.15. The lowest BCUT2D eigenvalue weighted by Crippen LogP contribution is -2.57. The van der Waals surface area contributed by atoms with E-state index < -0.39 is 5.92 Å². The topological polar surface area (TPSA) is 33.2 Å². The van der Waals surface area contributed by atoms with Crippen LogP contribution in [-0.4, -0.2) is 30.3 Å². The molecule has 0 atom stereocenters. The van der Waals surface area contributed by atoms with Gasteiger partial charge in [-0.05, 0) is 12.1 Å². The maximum Gasteiger partial charge on any atom is 0.282 e. The summed E-state index contributed by atoms with van der Waals surface area (Å²) >= 11 is 0. The molecule has 1 aromatic heterocycles. The number of anilines is 1. The average Bonchev–Trinajstić information content (AvgIpc) is 2.14. The molecule has 5 heteroatoms. The molecule has 1 aliphatic heterocycles. The van der Waals surface area contributed by atoms with Crippen LogP contribution in [0.1, 0.15) is 10.4 Å². The van der Waals surface area contributed by atoms with E-state index in [4.69, 9.17) is 0 Å². The highest BCUT2D eigenvalue weighted by Crippen LogP contribution is 2.31. The zero-order valence-electron chi connectivity index (χ0n) is 7.28. The van der Waals surface area contributed by atoms with Crippen molar-refractivity contribution in [1.29, 1.82) is 0 Å². The first-order valence-corrected chi connectivity index (χ1v) is 4.15. The van der Waals surface area contributed by atoms with Crippen molar-refractivity contribution in [2.45, 2.75) is 5.92 Å². The summed E-state index contributed by atoms with van der Waals surface area (Å²) in [7, 11) is 0. The molecule has 0 aliphatic carbocycles. The van der Waals surface area contributed by atoms with Crippen LogP contribution in [0.4, 0.5) is 14.6 Å². The van der Waals surface area contributed by atoms with Gasteiger partial charge < -0.3 is 4.90 Å². The summed E-state index contributed by atoms with van der Waals surface area (Å²) in [6, 6.07) is 3.16. The van der Waals surface area contributed by atoms with Gasteiger partial charge >= 0.3 is 0 Å². The number of rotatable bonds is 2. The molecule has 0 saturated carbocycles. The summed E-state index contributed by atoms with van der Waals surface area (Å²) < 4.78 is 25.1. The second-order valence-corrected chi connectivity index (χ2v) is 3.25. The summed E-state index contributed by atoms with van der Waals surface area (Å²) in [5, 5.41) is 0. The Morgan fingerprint density at radius 1 is 1.50 bits per heavy atom. The van der Waals surface area contributed by atoms with Crippen molar-refractivity contribution in [1.82, 2.24) is 4.98 Å². The molecular formula is C9H8F2N2O. The van der Waals surface area contributed by atoms with Crippen molar-refractivity contribution < 1.29 is 13.6 Å². The van der Waals surface area contributed by atoms with Crippen LogP contribution in [0.2, 0.25) is 0 Å². The van der Waals surface area contributed by atoms with E-state index >= 15 is 0 Å². The number of hydrogen-bond acceptors (Lipinski definition) is 3. The minimum atomic E-state index is -2.64. The van der Waals surface area contributed by atoms with E-state index in [1.807, 2.05) is 0 Å². The van der Waals surface area contributed by atoms with Gasteiger partial charge in [0, 0.05) is 6.20 Å². The first kappa shape index (κ1) is 9.05. The highest BCUT2D eigenvalue weighted by molar-refractivity contribution is 5.83. The van der Waals surface area contributed by atoms with Gasteiger partial charge in [-0.3, -0.25) is 4.79 Å². The van der Waals surface area contributed by atoms with Gasteiger partial charge in [-0.2, -0.15) is 0 Å². The minimum Gasteiger partial charge on any atom is -0.344 e. The molecule has 74 valence electrons.